The Morgan fingerprint density at radius 2 is 2.14 bits per heavy atom. The van der Waals surface area contributed by atoms with Gasteiger partial charge in [-0.3, -0.25) is 9.78 Å². The van der Waals surface area contributed by atoms with Crippen LogP contribution >= 0.6 is 15.9 Å². The summed E-state index contributed by atoms with van der Waals surface area (Å²) < 4.78 is 0.901. The number of halogens is 1. The van der Waals surface area contributed by atoms with Crippen LogP contribution < -0.4 is 0 Å². The van der Waals surface area contributed by atoms with Crippen molar-refractivity contribution in [2.75, 3.05) is 0 Å². The second kappa shape index (κ2) is 3.50. The van der Waals surface area contributed by atoms with Crippen molar-refractivity contribution in [3.8, 4) is 0 Å². The number of nitrogens with zero attached hydrogens (tertiary/aromatic N) is 1. The van der Waals surface area contributed by atoms with Crippen molar-refractivity contribution in [3.63, 3.8) is 0 Å². The molecule has 0 aliphatic rings. The van der Waals surface area contributed by atoms with E-state index in [2.05, 4.69) is 20.9 Å². The standard InChI is InChI=1S/C11H8BrNO/c1-7-2-3-8-4-10(12)5-9(6-14)11(8)13-7/h2-6H,1H3. The number of aldehydes is 1. The van der Waals surface area contributed by atoms with Crippen LogP contribution in [0.1, 0.15) is 16.1 Å². The molecule has 0 fully saturated rings. The van der Waals surface area contributed by atoms with Gasteiger partial charge in [-0.1, -0.05) is 22.0 Å². The molecule has 0 spiro atoms. The van der Waals surface area contributed by atoms with Crippen molar-refractivity contribution in [1.82, 2.24) is 4.98 Å². The first-order valence-electron chi connectivity index (χ1n) is 4.23. The van der Waals surface area contributed by atoms with Crippen LogP contribution in [0.15, 0.2) is 28.7 Å². The SMILES string of the molecule is Cc1ccc2cc(Br)cc(C=O)c2n1. The fraction of sp³-hybridized carbons (Fsp3) is 0.0909. The van der Waals surface area contributed by atoms with E-state index in [4.69, 9.17) is 0 Å². The lowest BCUT2D eigenvalue weighted by molar-refractivity contribution is 0.112. The van der Waals surface area contributed by atoms with Gasteiger partial charge in [0.2, 0.25) is 0 Å². The maximum absolute atomic E-state index is 10.8. The zero-order chi connectivity index (χ0) is 10.1. The monoisotopic (exact) mass is 249 g/mol. The fourth-order valence-electron chi connectivity index (χ4n) is 1.41. The van der Waals surface area contributed by atoms with Crippen molar-refractivity contribution in [1.29, 1.82) is 0 Å². The average Bonchev–Trinajstić information content (AvgIpc) is 2.17. The third-order valence-electron chi connectivity index (χ3n) is 2.05. The van der Waals surface area contributed by atoms with Crippen LogP contribution in [-0.2, 0) is 0 Å². The van der Waals surface area contributed by atoms with E-state index in [0.29, 0.717) is 5.56 Å². The summed E-state index contributed by atoms with van der Waals surface area (Å²) in [4.78, 5) is 15.2. The number of carbonyl (C=O) groups excluding carboxylic acids is 1. The molecule has 0 atom stereocenters. The van der Waals surface area contributed by atoms with Gasteiger partial charge in [0.15, 0.2) is 6.29 Å². The molecular formula is C11H8BrNO. The predicted molar refractivity (Wildman–Crippen MR) is 59.6 cm³/mol. The first kappa shape index (κ1) is 9.34. The fourth-order valence-corrected chi connectivity index (χ4v) is 1.91. The van der Waals surface area contributed by atoms with Gasteiger partial charge in [0.05, 0.1) is 5.52 Å². The molecule has 0 amide bonds. The van der Waals surface area contributed by atoms with Crippen molar-refractivity contribution in [3.05, 3.63) is 40.0 Å². The molecular weight excluding hydrogens is 242 g/mol. The maximum atomic E-state index is 10.8. The quantitative estimate of drug-likeness (QED) is 0.728. The van der Waals surface area contributed by atoms with E-state index >= 15 is 0 Å². The van der Waals surface area contributed by atoms with Gasteiger partial charge in [-0.25, -0.2) is 0 Å². The summed E-state index contributed by atoms with van der Waals surface area (Å²) in [7, 11) is 0. The zero-order valence-electron chi connectivity index (χ0n) is 7.62. The lowest BCUT2D eigenvalue weighted by Gasteiger charge is -2.02. The summed E-state index contributed by atoms with van der Waals surface area (Å²) in [6.07, 6.45) is 0.833. The lowest BCUT2D eigenvalue weighted by Crippen LogP contribution is -1.89. The summed E-state index contributed by atoms with van der Waals surface area (Å²) in [6.45, 7) is 1.91. The highest BCUT2D eigenvalue weighted by atomic mass is 79.9. The van der Waals surface area contributed by atoms with E-state index in [0.717, 1.165) is 27.4 Å². The molecule has 0 saturated heterocycles. The van der Waals surface area contributed by atoms with Crippen molar-refractivity contribution >= 4 is 33.1 Å². The van der Waals surface area contributed by atoms with Gasteiger partial charge >= 0.3 is 0 Å². The van der Waals surface area contributed by atoms with E-state index in [1.54, 1.807) is 6.07 Å². The van der Waals surface area contributed by atoms with Crippen LogP contribution in [0.25, 0.3) is 10.9 Å². The Kier molecular flexibility index (Phi) is 2.33. The molecule has 0 radical (unpaired) electrons. The summed E-state index contributed by atoms with van der Waals surface area (Å²) in [5, 5.41) is 0.979. The molecule has 0 N–H and O–H groups in total. The van der Waals surface area contributed by atoms with Crippen molar-refractivity contribution in [2.45, 2.75) is 6.92 Å². The highest BCUT2D eigenvalue weighted by Gasteiger charge is 2.03. The molecule has 2 aromatic rings. The summed E-state index contributed by atoms with van der Waals surface area (Å²) in [6, 6.07) is 7.63. The molecule has 3 heteroatoms. The average molecular weight is 250 g/mol. The Morgan fingerprint density at radius 3 is 2.86 bits per heavy atom. The van der Waals surface area contributed by atoms with E-state index in [-0.39, 0.29) is 0 Å². The van der Waals surface area contributed by atoms with Crippen LogP contribution in [0, 0.1) is 6.92 Å². The van der Waals surface area contributed by atoms with Gasteiger partial charge in [0, 0.05) is 21.1 Å². The number of benzene rings is 1. The number of rotatable bonds is 1. The number of hydrogen-bond donors (Lipinski definition) is 0. The van der Waals surface area contributed by atoms with Gasteiger partial charge in [0.1, 0.15) is 0 Å². The molecule has 1 aromatic carbocycles. The van der Waals surface area contributed by atoms with Gasteiger partial charge in [-0.2, -0.15) is 0 Å². The topological polar surface area (TPSA) is 30.0 Å². The van der Waals surface area contributed by atoms with Crippen LogP contribution in [0.2, 0.25) is 0 Å². The van der Waals surface area contributed by atoms with Gasteiger partial charge < -0.3 is 0 Å². The molecule has 0 saturated carbocycles. The van der Waals surface area contributed by atoms with Gasteiger partial charge in [-0.15, -0.1) is 0 Å². The lowest BCUT2D eigenvalue weighted by atomic mass is 10.1. The normalized spacial score (nSPS) is 10.4. The number of aromatic nitrogens is 1. The molecule has 0 bridgehead atoms. The summed E-state index contributed by atoms with van der Waals surface area (Å²) in [5.74, 6) is 0. The number of hydrogen-bond acceptors (Lipinski definition) is 2. The number of pyridine rings is 1. The Labute approximate surface area is 90.1 Å². The van der Waals surface area contributed by atoms with Crippen molar-refractivity contribution in [2.24, 2.45) is 0 Å². The second-order valence-corrected chi connectivity index (χ2v) is 4.05. The third-order valence-corrected chi connectivity index (χ3v) is 2.51. The highest BCUT2D eigenvalue weighted by Crippen LogP contribution is 2.22. The minimum absolute atomic E-state index is 0.623. The molecule has 2 nitrogen and oxygen atoms in total. The minimum Gasteiger partial charge on any atom is -0.298 e. The van der Waals surface area contributed by atoms with Crippen LogP contribution in [-0.4, -0.2) is 11.3 Å². The van der Waals surface area contributed by atoms with Crippen molar-refractivity contribution < 1.29 is 4.79 Å². The van der Waals surface area contributed by atoms with Crippen LogP contribution in [0.3, 0.4) is 0 Å². The Bertz CT molecular complexity index is 508. The molecule has 1 aromatic heterocycles. The van der Waals surface area contributed by atoms with E-state index in [1.807, 2.05) is 25.1 Å². The Balaban J connectivity index is 2.88. The molecule has 0 aliphatic carbocycles. The summed E-state index contributed by atoms with van der Waals surface area (Å²) in [5.41, 5.74) is 2.31. The molecule has 14 heavy (non-hydrogen) atoms. The first-order chi connectivity index (χ1) is 6.70. The number of carbonyl (C=O) groups is 1. The third kappa shape index (κ3) is 1.55. The molecule has 1 heterocycles. The predicted octanol–water partition coefficient (Wildman–Crippen LogP) is 3.12. The van der Waals surface area contributed by atoms with E-state index < -0.39 is 0 Å². The molecule has 70 valence electrons. The molecule has 2 rings (SSSR count). The molecule has 0 unspecified atom stereocenters. The number of aryl methyl sites for hydroxylation is 1. The van der Waals surface area contributed by atoms with Gasteiger partial charge in [-0.05, 0) is 25.1 Å². The highest BCUT2D eigenvalue weighted by molar-refractivity contribution is 9.10. The Hall–Kier alpha value is -1.22. The minimum atomic E-state index is 0.623. The zero-order valence-corrected chi connectivity index (χ0v) is 9.21. The summed E-state index contributed by atoms with van der Waals surface area (Å²) >= 11 is 3.36. The van der Waals surface area contributed by atoms with E-state index in [1.165, 1.54) is 0 Å². The smallest absolute Gasteiger partial charge is 0.152 e. The van der Waals surface area contributed by atoms with Crippen LogP contribution in [0.5, 0.6) is 0 Å². The van der Waals surface area contributed by atoms with Crippen LogP contribution in [0.4, 0.5) is 0 Å². The molecule has 0 aliphatic heterocycles. The second-order valence-electron chi connectivity index (χ2n) is 3.14. The largest absolute Gasteiger partial charge is 0.298 e. The van der Waals surface area contributed by atoms with Gasteiger partial charge in [0.25, 0.3) is 0 Å². The number of fused-ring (bicyclic) bond motifs is 1. The first-order valence-corrected chi connectivity index (χ1v) is 5.02. The Morgan fingerprint density at radius 1 is 1.36 bits per heavy atom. The maximum Gasteiger partial charge on any atom is 0.152 e. The van der Waals surface area contributed by atoms with E-state index in [9.17, 15) is 4.79 Å².